The first kappa shape index (κ1) is 13.8. The summed E-state index contributed by atoms with van der Waals surface area (Å²) < 4.78 is 1.76. The van der Waals surface area contributed by atoms with Crippen LogP contribution in [0.2, 0.25) is 0 Å². The van der Waals surface area contributed by atoms with E-state index in [0.29, 0.717) is 5.92 Å². The number of anilines is 1. The zero-order valence-electron chi connectivity index (χ0n) is 12.4. The minimum atomic E-state index is 0.0313. The van der Waals surface area contributed by atoms with Crippen molar-refractivity contribution in [2.75, 3.05) is 24.5 Å². The second-order valence-electron chi connectivity index (χ2n) is 5.59. The standard InChI is InChI=1S/C14H20N6O/c1-10(21)15-6-11-4-3-5-20(8-11)14-12-7-18-19(2)13(12)16-9-17-14/h7,9,11H,3-6,8H2,1-2H3,(H,15,21)/t11-/m0/s1. The number of nitrogens with zero attached hydrogens (tertiary/aromatic N) is 5. The molecule has 0 saturated carbocycles. The quantitative estimate of drug-likeness (QED) is 0.900. The molecule has 112 valence electrons. The van der Waals surface area contributed by atoms with Gasteiger partial charge < -0.3 is 10.2 Å². The number of hydrogen-bond donors (Lipinski definition) is 1. The Kier molecular flexibility index (Phi) is 3.72. The van der Waals surface area contributed by atoms with Crippen molar-refractivity contribution in [1.82, 2.24) is 25.1 Å². The van der Waals surface area contributed by atoms with Gasteiger partial charge in [-0.1, -0.05) is 0 Å². The van der Waals surface area contributed by atoms with Gasteiger partial charge in [0.2, 0.25) is 5.91 Å². The summed E-state index contributed by atoms with van der Waals surface area (Å²) in [4.78, 5) is 22.1. The highest BCUT2D eigenvalue weighted by Gasteiger charge is 2.23. The van der Waals surface area contributed by atoms with Crippen molar-refractivity contribution in [2.24, 2.45) is 13.0 Å². The largest absolute Gasteiger partial charge is 0.356 e. The fourth-order valence-corrected chi connectivity index (χ4v) is 2.91. The summed E-state index contributed by atoms with van der Waals surface area (Å²) in [5.74, 6) is 1.44. The fraction of sp³-hybridized carbons (Fsp3) is 0.571. The maximum Gasteiger partial charge on any atom is 0.216 e. The third-order valence-corrected chi connectivity index (χ3v) is 3.97. The summed E-state index contributed by atoms with van der Waals surface area (Å²) in [5, 5.41) is 8.16. The molecule has 0 aliphatic carbocycles. The van der Waals surface area contributed by atoms with Gasteiger partial charge in [-0.2, -0.15) is 5.10 Å². The average molecular weight is 288 g/mol. The van der Waals surface area contributed by atoms with E-state index in [2.05, 4.69) is 25.3 Å². The number of aromatic nitrogens is 4. The lowest BCUT2D eigenvalue weighted by Crippen LogP contribution is -2.41. The number of fused-ring (bicyclic) bond motifs is 1. The van der Waals surface area contributed by atoms with Crippen LogP contribution >= 0.6 is 0 Å². The Labute approximate surface area is 123 Å². The summed E-state index contributed by atoms with van der Waals surface area (Å²) >= 11 is 0. The number of hydrogen-bond acceptors (Lipinski definition) is 5. The molecule has 0 bridgehead atoms. The zero-order valence-corrected chi connectivity index (χ0v) is 12.4. The summed E-state index contributed by atoms with van der Waals surface area (Å²) in [6.45, 7) is 4.18. The molecule has 1 amide bonds. The molecule has 0 unspecified atom stereocenters. The molecule has 1 saturated heterocycles. The normalized spacial score (nSPS) is 19.0. The first-order valence-electron chi connectivity index (χ1n) is 7.27. The van der Waals surface area contributed by atoms with E-state index in [9.17, 15) is 4.79 Å². The van der Waals surface area contributed by atoms with Gasteiger partial charge in [-0.15, -0.1) is 0 Å². The molecule has 0 radical (unpaired) electrons. The SMILES string of the molecule is CC(=O)NC[C@@H]1CCCN(c2ncnc3c2cnn3C)C1. The Morgan fingerprint density at radius 2 is 2.33 bits per heavy atom. The van der Waals surface area contributed by atoms with Crippen LogP contribution in [-0.4, -0.2) is 45.3 Å². The second-order valence-corrected chi connectivity index (χ2v) is 5.59. The van der Waals surface area contributed by atoms with Gasteiger partial charge in [0.15, 0.2) is 5.65 Å². The van der Waals surface area contributed by atoms with Crippen molar-refractivity contribution in [3.63, 3.8) is 0 Å². The maximum absolute atomic E-state index is 11.1. The number of rotatable bonds is 3. The smallest absolute Gasteiger partial charge is 0.216 e. The van der Waals surface area contributed by atoms with E-state index >= 15 is 0 Å². The average Bonchev–Trinajstić information content (AvgIpc) is 2.87. The lowest BCUT2D eigenvalue weighted by atomic mass is 9.98. The monoisotopic (exact) mass is 288 g/mol. The molecule has 0 spiro atoms. The van der Waals surface area contributed by atoms with Crippen molar-refractivity contribution in [1.29, 1.82) is 0 Å². The molecule has 1 atom stereocenters. The molecule has 21 heavy (non-hydrogen) atoms. The number of amides is 1. The minimum Gasteiger partial charge on any atom is -0.356 e. The lowest BCUT2D eigenvalue weighted by molar-refractivity contribution is -0.119. The number of aryl methyl sites for hydroxylation is 1. The second kappa shape index (κ2) is 5.67. The van der Waals surface area contributed by atoms with E-state index in [4.69, 9.17) is 0 Å². The van der Waals surface area contributed by atoms with E-state index in [0.717, 1.165) is 49.3 Å². The molecule has 2 aromatic heterocycles. The third-order valence-electron chi connectivity index (χ3n) is 3.97. The zero-order chi connectivity index (χ0) is 14.8. The van der Waals surface area contributed by atoms with Crippen LogP contribution in [0.4, 0.5) is 5.82 Å². The lowest BCUT2D eigenvalue weighted by Gasteiger charge is -2.33. The van der Waals surface area contributed by atoms with E-state index in [-0.39, 0.29) is 5.91 Å². The first-order chi connectivity index (χ1) is 10.1. The van der Waals surface area contributed by atoms with Gasteiger partial charge in [0, 0.05) is 33.6 Å². The van der Waals surface area contributed by atoms with Gasteiger partial charge in [-0.05, 0) is 18.8 Å². The highest BCUT2D eigenvalue weighted by atomic mass is 16.1. The molecule has 7 nitrogen and oxygen atoms in total. The predicted octanol–water partition coefficient (Wildman–Crippen LogP) is 0.716. The van der Waals surface area contributed by atoms with Gasteiger partial charge in [-0.3, -0.25) is 9.48 Å². The predicted molar refractivity (Wildman–Crippen MR) is 79.9 cm³/mol. The van der Waals surface area contributed by atoms with Crippen LogP contribution in [0.15, 0.2) is 12.5 Å². The first-order valence-corrected chi connectivity index (χ1v) is 7.27. The van der Waals surface area contributed by atoms with E-state index < -0.39 is 0 Å². The molecule has 1 aliphatic heterocycles. The Hall–Kier alpha value is -2.18. The number of nitrogens with one attached hydrogen (secondary N) is 1. The summed E-state index contributed by atoms with van der Waals surface area (Å²) in [7, 11) is 1.88. The summed E-state index contributed by atoms with van der Waals surface area (Å²) in [5.41, 5.74) is 0.851. The molecular weight excluding hydrogens is 268 g/mol. The Balaban J connectivity index is 1.80. The molecule has 3 heterocycles. The van der Waals surface area contributed by atoms with Crippen LogP contribution in [0.25, 0.3) is 11.0 Å². The van der Waals surface area contributed by atoms with Crippen LogP contribution in [0.1, 0.15) is 19.8 Å². The molecule has 0 aromatic carbocycles. The van der Waals surface area contributed by atoms with Gasteiger partial charge >= 0.3 is 0 Å². The third kappa shape index (κ3) is 2.81. The molecule has 7 heteroatoms. The summed E-state index contributed by atoms with van der Waals surface area (Å²) in [6, 6.07) is 0. The van der Waals surface area contributed by atoms with Crippen LogP contribution in [0.3, 0.4) is 0 Å². The molecular formula is C14H20N6O. The van der Waals surface area contributed by atoms with Crippen molar-refractivity contribution in [3.8, 4) is 0 Å². The highest BCUT2D eigenvalue weighted by Crippen LogP contribution is 2.26. The van der Waals surface area contributed by atoms with E-state index in [1.165, 1.54) is 0 Å². The summed E-state index contributed by atoms with van der Waals surface area (Å²) in [6.07, 6.45) is 5.66. The van der Waals surface area contributed by atoms with Gasteiger partial charge in [0.05, 0.1) is 11.6 Å². The number of carbonyl (C=O) groups excluding carboxylic acids is 1. The molecule has 1 fully saturated rings. The fourth-order valence-electron chi connectivity index (χ4n) is 2.91. The number of carbonyl (C=O) groups is 1. The Bertz CT molecular complexity index is 652. The van der Waals surface area contributed by atoms with Gasteiger partial charge in [0.1, 0.15) is 12.1 Å². The Morgan fingerprint density at radius 3 is 3.14 bits per heavy atom. The van der Waals surface area contributed by atoms with Crippen molar-refractivity contribution in [3.05, 3.63) is 12.5 Å². The van der Waals surface area contributed by atoms with Crippen LogP contribution in [0.5, 0.6) is 0 Å². The topological polar surface area (TPSA) is 75.9 Å². The number of piperidine rings is 1. The van der Waals surface area contributed by atoms with Gasteiger partial charge in [-0.25, -0.2) is 9.97 Å². The molecule has 1 N–H and O–H groups in total. The Morgan fingerprint density at radius 1 is 1.48 bits per heavy atom. The van der Waals surface area contributed by atoms with Crippen molar-refractivity contribution in [2.45, 2.75) is 19.8 Å². The van der Waals surface area contributed by atoms with Crippen molar-refractivity contribution < 1.29 is 4.79 Å². The highest BCUT2D eigenvalue weighted by molar-refractivity contribution is 5.86. The molecule has 1 aliphatic rings. The van der Waals surface area contributed by atoms with E-state index in [1.807, 2.05) is 13.2 Å². The molecule has 2 aromatic rings. The van der Waals surface area contributed by atoms with Crippen molar-refractivity contribution >= 4 is 22.8 Å². The van der Waals surface area contributed by atoms with Crippen LogP contribution in [-0.2, 0) is 11.8 Å². The van der Waals surface area contributed by atoms with Crippen LogP contribution in [0, 0.1) is 5.92 Å². The molecule has 3 rings (SSSR count). The minimum absolute atomic E-state index is 0.0313. The maximum atomic E-state index is 11.1. The van der Waals surface area contributed by atoms with Crippen LogP contribution < -0.4 is 10.2 Å². The van der Waals surface area contributed by atoms with E-state index in [1.54, 1.807) is 17.9 Å². The van der Waals surface area contributed by atoms with Gasteiger partial charge in [0.25, 0.3) is 0 Å².